The van der Waals surface area contributed by atoms with Crippen molar-refractivity contribution in [3.63, 3.8) is 0 Å². The van der Waals surface area contributed by atoms with Gasteiger partial charge in [0, 0.05) is 33.0 Å². The number of hydrogen-bond donors (Lipinski definition) is 2. The van der Waals surface area contributed by atoms with E-state index >= 15 is 0 Å². The molecule has 0 saturated heterocycles. The zero-order valence-corrected chi connectivity index (χ0v) is 10.9. The third kappa shape index (κ3) is 3.77. The Kier molecular flexibility index (Phi) is 5.06. The van der Waals surface area contributed by atoms with Crippen LogP contribution in [0.4, 0.5) is 0 Å². The van der Waals surface area contributed by atoms with Crippen LogP contribution in [0.2, 0.25) is 0 Å². The molecule has 98 valence electrons. The van der Waals surface area contributed by atoms with Gasteiger partial charge in [-0.15, -0.1) is 0 Å². The normalized spacial score (nSPS) is 12.5. The average Bonchev–Trinajstić information content (AvgIpc) is 2.78. The first-order chi connectivity index (χ1) is 7.98. The van der Waals surface area contributed by atoms with E-state index in [0.29, 0.717) is 25.3 Å². The summed E-state index contributed by atoms with van der Waals surface area (Å²) >= 11 is 0. The molecule has 0 unspecified atom stereocenters. The standard InChI is InChI=1S/C9H19N5O2S/c1-13(7-3-4-10)17(15,16)14(2)8-9-11-5-6-12-9/h5-6H,3-4,7-8,10H2,1-2H3,(H,11,12). The molecular weight excluding hydrogens is 242 g/mol. The molecule has 7 nitrogen and oxygen atoms in total. The maximum atomic E-state index is 12.0. The molecule has 0 radical (unpaired) electrons. The van der Waals surface area contributed by atoms with Crippen LogP contribution in [0.15, 0.2) is 12.4 Å². The molecule has 0 spiro atoms. The Morgan fingerprint density at radius 2 is 2.12 bits per heavy atom. The van der Waals surface area contributed by atoms with Gasteiger partial charge in [-0.25, -0.2) is 4.98 Å². The molecule has 0 aliphatic rings. The zero-order valence-electron chi connectivity index (χ0n) is 10.1. The van der Waals surface area contributed by atoms with Crippen LogP contribution in [0.25, 0.3) is 0 Å². The summed E-state index contributed by atoms with van der Waals surface area (Å²) < 4.78 is 26.6. The van der Waals surface area contributed by atoms with Crippen LogP contribution in [0.5, 0.6) is 0 Å². The number of aromatic nitrogens is 2. The molecule has 0 bridgehead atoms. The summed E-state index contributed by atoms with van der Waals surface area (Å²) in [4.78, 5) is 6.86. The smallest absolute Gasteiger partial charge is 0.281 e. The number of imidazole rings is 1. The molecule has 1 aromatic heterocycles. The molecule has 0 atom stereocenters. The van der Waals surface area contributed by atoms with E-state index < -0.39 is 10.2 Å². The Labute approximate surface area is 102 Å². The summed E-state index contributed by atoms with van der Waals surface area (Å²) in [7, 11) is -0.366. The summed E-state index contributed by atoms with van der Waals surface area (Å²) in [5.74, 6) is 0.614. The minimum Gasteiger partial charge on any atom is -0.347 e. The van der Waals surface area contributed by atoms with Gasteiger partial charge in [0.05, 0.1) is 6.54 Å². The molecule has 0 aromatic carbocycles. The number of nitrogens with zero attached hydrogens (tertiary/aromatic N) is 3. The predicted octanol–water partition coefficient (Wildman–Crippen LogP) is -0.633. The van der Waals surface area contributed by atoms with E-state index in [4.69, 9.17) is 5.73 Å². The Morgan fingerprint density at radius 1 is 1.41 bits per heavy atom. The molecule has 0 aliphatic heterocycles. The van der Waals surface area contributed by atoms with Gasteiger partial charge in [0.2, 0.25) is 0 Å². The average molecular weight is 261 g/mol. The molecule has 0 aliphatic carbocycles. The summed E-state index contributed by atoms with van der Waals surface area (Å²) in [5.41, 5.74) is 5.36. The molecular formula is C9H19N5O2S. The maximum Gasteiger partial charge on any atom is 0.281 e. The van der Waals surface area contributed by atoms with E-state index in [-0.39, 0.29) is 6.54 Å². The zero-order chi connectivity index (χ0) is 12.9. The Morgan fingerprint density at radius 3 is 2.65 bits per heavy atom. The Balaban J connectivity index is 2.63. The van der Waals surface area contributed by atoms with Gasteiger partial charge in [-0.1, -0.05) is 0 Å². The van der Waals surface area contributed by atoms with Crippen LogP contribution in [-0.2, 0) is 16.8 Å². The van der Waals surface area contributed by atoms with Crippen molar-refractivity contribution in [3.05, 3.63) is 18.2 Å². The minimum atomic E-state index is -3.44. The number of nitrogens with one attached hydrogen (secondary N) is 1. The summed E-state index contributed by atoms with van der Waals surface area (Å²) in [6, 6.07) is 0. The van der Waals surface area contributed by atoms with Gasteiger partial charge in [-0.2, -0.15) is 17.0 Å². The number of nitrogens with two attached hydrogens (primary N) is 1. The molecule has 1 heterocycles. The van der Waals surface area contributed by atoms with Crippen molar-refractivity contribution in [2.24, 2.45) is 5.73 Å². The molecule has 1 rings (SSSR count). The largest absolute Gasteiger partial charge is 0.347 e. The van der Waals surface area contributed by atoms with Crippen molar-refractivity contribution in [2.75, 3.05) is 27.2 Å². The Bertz CT molecular complexity index is 417. The minimum absolute atomic E-state index is 0.225. The van der Waals surface area contributed by atoms with Gasteiger partial charge >= 0.3 is 0 Å². The number of aromatic amines is 1. The first-order valence-corrected chi connectivity index (χ1v) is 6.74. The van der Waals surface area contributed by atoms with Crippen molar-refractivity contribution in [1.82, 2.24) is 18.6 Å². The van der Waals surface area contributed by atoms with Gasteiger partial charge in [0.15, 0.2) is 0 Å². The van der Waals surface area contributed by atoms with Crippen LogP contribution in [0.1, 0.15) is 12.2 Å². The lowest BCUT2D eigenvalue weighted by Crippen LogP contribution is -2.40. The molecule has 3 N–H and O–H groups in total. The van der Waals surface area contributed by atoms with E-state index in [1.807, 2.05) is 0 Å². The topological polar surface area (TPSA) is 95.3 Å². The lowest BCUT2D eigenvalue weighted by Gasteiger charge is -2.23. The highest BCUT2D eigenvalue weighted by atomic mass is 32.2. The van der Waals surface area contributed by atoms with Crippen molar-refractivity contribution in [3.8, 4) is 0 Å². The van der Waals surface area contributed by atoms with E-state index in [1.54, 1.807) is 19.4 Å². The van der Waals surface area contributed by atoms with Gasteiger partial charge < -0.3 is 10.7 Å². The van der Waals surface area contributed by atoms with Crippen molar-refractivity contribution in [1.29, 1.82) is 0 Å². The van der Waals surface area contributed by atoms with Crippen molar-refractivity contribution >= 4 is 10.2 Å². The van der Waals surface area contributed by atoms with E-state index in [9.17, 15) is 8.42 Å². The fourth-order valence-corrected chi connectivity index (χ4v) is 2.47. The highest BCUT2D eigenvalue weighted by molar-refractivity contribution is 7.86. The van der Waals surface area contributed by atoms with E-state index in [2.05, 4.69) is 9.97 Å². The second kappa shape index (κ2) is 6.10. The predicted molar refractivity (Wildman–Crippen MR) is 65.3 cm³/mol. The van der Waals surface area contributed by atoms with Gasteiger partial charge in [-0.3, -0.25) is 0 Å². The molecule has 0 fully saturated rings. The number of rotatable bonds is 7. The van der Waals surface area contributed by atoms with Crippen LogP contribution >= 0.6 is 0 Å². The molecule has 17 heavy (non-hydrogen) atoms. The van der Waals surface area contributed by atoms with Gasteiger partial charge in [0.1, 0.15) is 5.82 Å². The number of hydrogen-bond acceptors (Lipinski definition) is 4. The molecule has 0 saturated carbocycles. The van der Waals surface area contributed by atoms with Crippen LogP contribution in [0.3, 0.4) is 0 Å². The molecule has 8 heteroatoms. The Hall–Kier alpha value is -0.960. The van der Waals surface area contributed by atoms with Crippen LogP contribution in [0, 0.1) is 0 Å². The second-order valence-electron chi connectivity index (χ2n) is 3.76. The van der Waals surface area contributed by atoms with E-state index in [0.717, 1.165) is 0 Å². The fraction of sp³-hybridized carbons (Fsp3) is 0.667. The third-order valence-electron chi connectivity index (χ3n) is 2.39. The highest BCUT2D eigenvalue weighted by Gasteiger charge is 2.23. The molecule has 0 amide bonds. The van der Waals surface area contributed by atoms with Gasteiger partial charge in [0.25, 0.3) is 10.2 Å². The monoisotopic (exact) mass is 261 g/mol. The fourth-order valence-electron chi connectivity index (χ4n) is 1.34. The van der Waals surface area contributed by atoms with Gasteiger partial charge in [-0.05, 0) is 13.0 Å². The second-order valence-corrected chi connectivity index (χ2v) is 5.91. The van der Waals surface area contributed by atoms with Crippen LogP contribution in [-0.4, -0.2) is 54.2 Å². The third-order valence-corrected chi connectivity index (χ3v) is 4.28. The molecule has 1 aromatic rings. The maximum absolute atomic E-state index is 12.0. The summed E-state index contributed by atoms with van der Waals surface area (Å²) in [6.07, 6.45) is 3.90. The lowest BCUT2D eigenvalue weighted by atomic mass is 10.4. The lowest BCUT2D eigenvalue weighted by molar-refractivity contribution is 0.383. The van der Waals surface area contributed by atoms with Crippen molar-refractivity contribution in [2.45, 2.75) is 13.0 Å². The highest BCUT2D eigenvalue weighted by Crippen LogP contribution is 2.07. The van der Waals surface area contributed by atoms with E-state index in [1.165, 1.54) is 15.7 Å². The number of H-pyrrole nitrogens is 1. The first-order valence-electron chi connectivity index (χ1n) is 5.34. The summed E-state index contributed by atoms with van der Waals surface area (Å²) in [6.45, 7) is 1.12. The van der Waals surface area contributed by atoms with Crippen molar-refractivity contribution < 1.29 is 8.42 Å². The quantitative estimate of drug-likeness (QED) is 0.683. The summed E-state index contributed by atoms with van der Waals surface area (Å²) in [5, 5.41) is 0. The van der Waals surface area contributed by atoms with Crippen LogP contribution < -0.4 is 5.73 Å². The SMILES string of the molecule is CN(CCCN)S(=O)(=O)N(C)Cc1ncc[nH]1. The first kappa shape index (κ1) is 14.1.